The van der Waals surface area contributed by atoms with Crippen LogP contribution < -0.4 is 15.8 Å². The van der Waals surface area contributed by atoms with Gasteiger partial charge >= 0.3 is 0 Å². The third kappa shape index (κ3) is 4.66. The number of anilines is 1. The summed E-state index contributed by atoms with van der Waals surface area (Å²) in [5, 5.41) is 3.62. The first-order valence-corrected chi connectivity index (χ1v) is 7.63. The molecule has 3 N–H and O–H groups in total. The highest BCUT2D eigenvalue weighted by Gasteiger charge is 2.36. The zero-order chi connectivity index (χ0) is 15.5. The average Bonchev–Trinajstić information content (AvgIpc) is 2.64. The molecule has 0 aromatic heterocycles. The number of nitrogens with two attached hydrogens (primary N) is 1. The normalized spacial score (nSPS) is 23.8. The molecular weight excluding hydrogens is 264 g/mol. The van der Waals surface area contributed by atoms with Crippen LogP contribution in [0.4, 0.5) is 5.69 Å². The van der Waals surface area contributed by atoms with Crippen LogP contribution in [0, 0.1) is 11.3 Å². The van der Waals surface area contributed by atoms with Crippen LogP contribution in [0.1, 0.15) is 40.0 Å². The number of hydrogen-bond donors (Lipinski definition) is 2. The van der Waals surface area contributed by atoms with Crippen molar-refractivity contribution in [3.63, 3.8) is 0 Å². The largest absolute Gasteiger partial charge is 0.493 e. The number of amides is 1. The lowest BCUT2D eigenvalue weighted by molar-refractivity contribution is -0.118. The van der Waals surface area contributed by atoms with E-state index in [9.17, 15) is 4.79 Å². The molecule has 0 saturated heterocycles. The fraction of sp³-hybridized carbons (Fsp3) is 0.588. The van der Waals surface area contributed by atoms with Gasteiger partial charge in [-0.3, -0.25) is 4.79 Å². The Morgan fingerprint density at radius 1 is 1.33 bits per heavy atom. The second kappa shape index (κ2) is 6.37. The maximum absolute atomic E-state index is 10.7. The Morgan fingerprint density at radius 3 is 2.52 bits per heavy atom. The van der Waals surface area contributed by atoms with E-state index in [-0.39, 0.29) is 12.3 Å². The van der Waals surface area contributed by atoms with Crippen molar-refractivity contribution in [3.05, 3.63) is 24.3 Å². The minimum absolute atomic E-state index is 0.245. The molecule has 1 aliphatic carbocycles. The molecule has 4 nitrogen and oxygen atoms in total. The summed E-state index contributed by atoms with van der Waals surface area (Å²) < 4.78 is 5.47. The van der Waals surface area contributed by atoms with Crippen LogP contribution in [0.25, 0.3) is 0 Å². The van der Waals surface area contributed by atoms with Gasteiger partial charge in [0.25, 0.3) is 0 Å². The molecule has 0 spiro atoms. The summed E-state index contributed by atoms with van der Waals surface area (Å²) in [6.07, 6.45) is 2.71. The Labute approximate surface area is 127 Å². The predicted molar refractivity (Wildman–Crippen MR) is 85.3 cm³/mol. The second-order valence-corrected chi connectivity index (χ2v) is 6.89. The highest BCUT2D eigenvalue weighted by atomic mass is 16.5. The van der Waals surface area contributed by atoms with Gasteiger partial charge in [-0.15, -0.1) is 0 Å². The molecule has 0 aliphatic heterocycles. The van der Waals surface area contributed by atoms with Crippen LogP contribution in [-0.4, -0.2) is 18.6 Å². The third-order valence-electron chi connectivity index (χ3n) is 4.16. The van der Waals surface area contributed by atoms with Gasteiger partial charge in [-0.25, -0.2) is 0 Å². The Balaban J connectivity index is 1.86. The van der Waals surface area contributed by atoms with Crippen LogP contribution in [0.15, 0.2) is 24.3 Å². The zero-order valence-electron chi connectivity index (χ0n) is 13.2. The summed E-state index contributed by atoms with van der Waals surface area (Å²) in [6, 6.07) is 8.43. The molecule has 0 bridgehead atoms. The summed E-state index contributed by atoms with van der Waals surface area (Å²) in [7, 11) is 0. The van der Waals surface area contributed by atoms with Crippen molar-refractivity contribution >= 4 is 11.6 Å². The highest BCUT2D eigenvalue weighted by molar-refractivity contribution is 5.73. The van der Waals surface area contributed by atoms with Gasteiger partial charge in [-0.1, -0.05) is 20.8 Å². The number of primary amides is 1. The van der Waals surface area contributed by atoms with Crippen molar-refractivity contribution in [1.29, 1.82) is 0 Å². The van der Waals surface area contributed by atoms with Crippen molar-refractivity contribution in [2.75, 3.05) is 11.9 Å². The van der Waals surface area contributed by atoms with Gasteiger partial charge in [0.2, 0.25) is 5.91 Å². The summed E-state index contributed by atoms with van der Waals surface area (Å²) in [5.74, 6) is 1.11. The Hall–Kier alpha value is -1.71. The van der Waals surface area contributed by atoms with Crippen molar-refractivity contribution in [3.8, 4) is 5.75 Å². The summed E-state index contributed by atoms with van der Waals surface area (Å²) in [6.45, 7) is 7.31. The number of hydrogen-bond acceptors (Lipinski definition) is 3. The topological polar surface area (TPSA) is 64.3 Å². The molecule has 1 aromatic rings. The second-order valence-electron chi connectivity index (χ2n) is 6.89. The monoisotopic (exact) mass is 290 g/mol. The maximum Gasteiger partial charge on any atom is 0.220 e. The molecule has 2 unspecified atom stereocenters. The third-order valence-corrected chi connectivity index (χ3v) is 4.16. The van der Waals surface area contributed by atoms with Crippen LogP contribution in [0.5, 0.6) is 5.75 Å². The van der Waals surface area contributed by atoms with Gasteiger partial charge in [0.1, 0.15) is 5.75 Å². The van der Waals surface area contributed by atoms with Crippen LogP contribution in [-0.2, 0) is 4.79 Å². The fourth-order valence-electron chi connectivity index (χ4n) is 3.22. The Bertz CT molecular complexity index is 482. The minimum Gasteiger partial charge on any atom is -0.493 e. The van der Waals surface area contributed by atoms with Crippen molar-refractivity contribution in [1.82, 2.24) is 0 Å². The van der Waals surface area contributed by atoms with Crippen LogP contribution in [0.2, 0.25) is 0 Å². The molecule has 0 radical (unpaired) electrons. The molecule has 21 heavy (non-hydrogen) atoms. The standard InChI is InChI=1S/C17H26N2O2/c1-12-10-17(2,3)11-15(12)19-13-4-6-14(7-5-13)21-9-8-16(18)20/h4-7,12,15,19H,8-11H2,1-3H3,(H2,18,20). The summed E-state index contributed by atoms with van der Waals surface area (Å²) in [4.78, 5) is 10.7. The summed E-state index contributed by atoms with van der Waals surface area (Å²) in [5.41, 5.74) is 6.62. The molecule has 0 heterocycles. The molecule has 1 amide bonds. The zero-order valence-corrected chi connectivity index (χ0v) is 13.2. The van der Waals surface area contributed by atoms with Crippen LogP contribution in [0.3, 0.4) is 0 Å². The molecular formula is C17H26N2O2. The molecule has 2 atom stereocenters. The lowest BCUT2D eigenvalue weighted by atomic mass is 9.91. The van der Waals surface area contributed by atoms with Gasteiger partial charge in [-0.05, 0) is 48.4 Å². The van der Waals surface area contributed by atoms with E-state index in [0.717, 1.165) is 11.4 Å². The molecule has 1 aromatic carbocycles. The number of carbonyl (C=O) groups is 1. The van der Waals surface area contributed by atoms with E-state index in [0.29, 0.717) is 24.0 Å². The first-order chi connectivity index (χ1) is 9.85. The van der Waals surface area contributed by atoms with E-state index in [2.05, 4.69) is 26.1 Å². The minimum atomic E-state index is -0.342. The number of nitrogens with one attached hydrogen (secondary N) is 1. The van der Waals surface area contributed by atoms with Gasteiger partial charge in [0, 0.05) is 11.7 Å². The van der Waals surface area contributed by atoms with E-state index >= 15 is 0 Å². The van der Waals surface area contributed by atoms with E-state index in [4.69, 9.17) is 10.5 Å². The van der Waals surface area contributed by atoms with E-state index in [1.165, 1.54) is 12.8 Å². The lowest BCUT2D eigenvalue weighted by Gasteiger charge is -2.20. The van der Waals surface area contributed by atoms with Gasteiger partial charge in [-0.2, -0.15) is 0 Å². The van der Waals surface area contributed by atoms with E-state index < -0.39 is 0 Å². The molecule has 1 fully saturated rings. The SMILES string of the molecule is CC1CC(C)(C)CC1Nc1ccc(OCCC(N)=O)cc1. The van der Waals surface area contributed by atoms with Gasteiger partial charge < -0.3 is 15.8 Å². The number of ether oxygens (including phenoxy) is 1. The van der Waals surface area contributed by atoms with E-state index in [1.54, 1.807) is 0 Å². The van der Waals surface area contributed by atoms with Gasteiger partial charge in [0.15, 0.2) is 0 Å². The van der Waals surface area contributed by atoms with Crippen molar-refractivity contribution in [2.45, 2.75) is 46.1 Å². The first kappa shape index (κ1) is 15.7. The molecule has 116 valence electrons. The van der Waals surface area contributed by atoms with Gasteiger partial charge in [0.05, 0.1) is 13.0 Å². The number of rotatable bonds is 6. The van der Waals surface area contributed by atoms with Crippen LogP contribution >= 0.6 is 0 Å². The first-order valence-electron chi connectivity index (χ1n) is 7.63. The highest BCUT2D eigenvalue weighted by Crippen LogP contribution is 2.42. The smallest absolute Gasteiger partial charge is 0.220 e. The Morgan fingerprint density at radius 2 is 2.00 bits per heavy atom. The lowest BCUT2D eigenvalue weighted by Crippen LogP contribution is -2.22. The molecule has 1 saturated carbocycles. The Kier molecular flexibility index (Phi) is 4.76. The fourth-order valence-corrected chi connectivity index (χ4v) is 3.22. The average molecular weight is 290 g/mol. The number of carbonyl (C=O) groups excluding carboxylic acids is 1. The molecule has 4 heteroatoms. The predicted octanol–water partition coefficient (Wildman–Crippen LogP) is 3.18. The summed E-state index contributed by atoms with van der Waals surface area (Å²) >= 11 is 0. The molecule has 2 rings (SSSR count). The maximum atomic E-state index is 10.7. The van der Waals surface area contributed by atoms with Crippen molar-refractivity contribution in [2.24, 2.45) is 17.1 Å². The number of benzene rings is 1. The van der Waals surface area contributed by atoms with E-state index in [1.807, 2.05) is 24.3 Å². The quantitative estimate of drug-likeness (QED) is 0.845. The van der Waals surface area contributed by atoms with Crippen molar-refractivity contribution < 1.29 is 9.53 Å². The molecule has 1 aliphatic rings.